The lowest BCUT2D eigenvalue weighted by Crippen LogP contribution is -2.50. The lowest BCUT2D eigenvalue weighted by molar-refractivity contribution is -0.159. The van der Waals surface area contributed by atoms with Gasteiger partial charge in [0.1, 0.15) is 5.75 Å². The zero-order valence-electron chi connectivity index (χ0n) is 21.9. The fraction of sp³-hybridized carbons (Fsp3) is 0.464. The highest BCUT2D eigenvalue weighted by Gasteiger charge is 2.50. The van der Waals surface area contributed by atoms with E-state index < -0.39 is 29.6 Å². The molecule has 0 N–H and O–H groups in total. The van der Waals surface area contributed by atoms with E-state index in [1.165, 1.54) is 0 Å². The number of methoxy groups -OCH3 is 1. The summed E-state index contributed by atoms with van der Waals surface area (Å²) in [7, 11) is 1.63. The minimum atomic E-state index is -1.01. The van der Waals surface area contributed by atoms with Crippen LogP contribution in [0.5, 0.6) is 5.75 Å². The molecule has 0 aromatic heterocycles. The third kappa shape index (κ3) is 5.88. The number of cyclic esters (lactones) is 1. The van der Waals surface area contributed by atoms with E-state index in [1.807, 2.05) is 54.6 Å². The monoisotopic (exact) mass is 509 g/mol. The summed E-state index contributed by atoms with van der Waals surface area (Å²) < 4.78 is 16.1. The Labute approximate surface area is 217 Å². The van der Waals surface area contributed by atoms with Gasteiger partial charge in [-0.2, -0.15) is 10.0 Å². The van der Waals surface area contributed by atoms with E-state index in [0.717, 1.165) is 35.0 Å². The van der Waals surface area contributed by atoms with Crippen LogP contribution in [-0.2, 0) is 25.6 Å². The number of ether oxygens (including phenoxy) is 3. The molecule has 9 heteroatoms. The van der Waals surface area contributed by atoms with Crippen LogP contribution in [0.4, 0.5) is 10.5 Å². The molecule has 37 heavy (non-hydrogen) atoms. The number of carbonyl (C=O) groups excluding carboxylic acids is 3. The minimum Gasteiger partial charge on any atom is -0.497 e. The van der Waals surface area contributed by atoms with Gasteiger partial charge in [-0.15, -0.1) is 0 Å². The first-order chi connectivity index (χ1) is 17.7. The first kappa shape index (κ1) is 26.5. The zero-order valence-corrected chi connectivity index (χ0v) is 21.9. The van der Waals surface area contributed by atoms with Gasteiger partial charge in [-0.05, 0) is 62.9 Å². The lowest BCUT2D eigenvalue weighted by atomic mass is 9.88. The van der Waals surface area contributed by atoms with Gasteiger partial charge < -0.3 is 19.1 Å². The molecule has 2 aliphatic heterocycles. The molecule has 2 atom stereocenters. The normalized spacial score (nSPS) is 20.0. The number of anilines is 1. The van der Waals surface area contributed by atoms with Crippen molar-refractivity contribution in [2.24, 2.45) is 11.8 Å². The van der Waals surface area contributed by atoms with Crippen LogP contribution < -0.4 is 9.64 Å². The van der Waals surface area contributed by atoms with E-state index >= 15 is 0 Å². The topological polar surface area (TPSA) is 88.6 Å². The quantitative estimate of drug-likeness (QED) is 0.464. The van der Waals surface area contributed by atoms with E-state index in [-0.39, 0.29) is 18.9 Å². The number of rotatable bonds is 9. The van der Waals surface area contributed by atoms with Gasteiger partial charge in [-0.25, -0.2) is 4.79 Å². The largest absolute Gasteiger partial charge is 0.497 e. The Balaban J connectivity index is 1.51. The maximum Gasteiger partial charge on any atom is 0.433 e. The highest BCUT2D eigenvalue weighted by molar-refractivity contribution is 5.94. The van der Waals surface area contributed by atoms with Crippen molar-refractivity contribution in [2.45, 2.75) is 45.9 Å². The molecule has 2 saturated heterocycles. The Bertz CT molecular complexity index is 1100. The van der Waals surface area contributed by atoms with Crippen molar-refractivity contribution in [1.29, 1.82) is 0 Å². The summed E-state index contributed by atoms with van der Waals surface area (Å²) in [5, 5.41) is 2.67. The molecule has 9 nitrogen and oxygen atoms in total. The highest BCUT2D eigenvalue weighted by atomic mass is 16.6. The molecule has 2 aromatic carbocycles. The number of imide groups is 1. The van der Waals surface area contributed by atoms with Gasteiger partial charge in [0, 0.05) is 31.7 Å². The molecule has 4 rings (SSSR count). The second-order valence-corrected chi connectivity index (χ2v) is 9.82. The molecule has 0 saturated carbocycles. The second-order valence-electron chi connectivity index (χ2n) is 9.82. The molecule has 2 aromatic rings. The molecule has 2 fully saturated rings. The van der Waals surface area contributed by atoms with Gasteiger partial charge in [-0.1, -0.05) is 30.3 Å². The van der Waals surface area contributed by atoms with Gasteiger partial charge in [0.05, 0.1) is 19.6 Å². The predicted octanol–water partition coefficient (Wildman–Crippen LogP) is 4.22. The minimum absolute atomic E-state index is 0.0979. The number of benzene rings is 2. The predicted molar refractivity (Wildman–Crippen MR) is 137 cm³/mol. The molecule has 0 unspecified atom stereocenters. The molecule has 0 aliphatic carbocycles. The van der Waals surface area contributed by atoms with Gasteiger partial charge in [0.25, 0.3) is 0 Å². The van der Waals surface area contributed by atoms with Gasteiger partial charge in [0.15, 0.2) is 5.72 Å². The number of hydrogen-bond donors (Lipinski definition) is 0. The molecule has 0 radical (unpaired) electrons. The molecule has 2 amide bonds. The third-order valence-corrected chi connectivity index (χ3v) is 7.00. The number of hydrazine groups is 1. The van der Waals surface area contributed by atoms with Crippen molar-refractivity contribution < 1.29 is 28.6 Å². The summed E-state index contributed by atoms with van der Waals surface area (Å²) in [5.41, 5.74) is 0.941. The van der Waals surface area contributed by atoms with E-state index in [9.17, 15) is 14.4 Å². The molecule has 0 spiro atoms. The van der Waals surface area contributed by atoms with Gasteiger partial charge in [0.2, 0.25) is 5.91 Å². The van der Waals surface area contributed by atoms with E-state index in [2.05, 4.69) is 4.90 Å². The van der Waals surface area contributed by atoms with E-state index in [0.29, 0.717) is 13.1 Å². The fourth-order valence-electron chi connectivity index (χ4n) is 5.01. The van der Waals surface area contributed by atoms with Crippen LogP contribution in [0.25, 0.3) is 0 Å². The van der Waals surface area contributed by atoms with Crippen molar-refractivity contribution >= 4 is 23.7 Å². The molecular formula is C28H35N3O6. The van der Waals surface area contributed by atoms with E-state index in [4.69, 9.17) is 14.2 Å². The summed E-state index contributed by atoms with van der Waals surface area (Å²) in [4.78, 5) is 41.6. The molecule has 2 heterocycles. The average molecular weight is 510 g/mol. The third-order valence-electron chi connectivity index (χ3n) is 7.00. The molecule has 2 aliphatic rings. The summed E-state index contributed by atoms with van der Waals surface area (Å²) in [6.45, 7) is 7.12. The summed E-state index contributed by atoms with van der Waals surface area (Å²) in [6, 6.07) is 17.3. The van der Waals surface area contributed by atoms with Crippen LogP contribution in [-0.4, -0.2) is 60.5 Å². The number of hydrogen-bond acceptors (Lipinski definition) is 8. The summed E-state index contributed by atoms with van der Waals surface area (Å²) in [6.07, 6.45) is -0.150. The van der Waals surface area contributed by atoms with Crippen LogP contribution in [0.15, 0.2) is 54.6 Å². The summed E-state index contributed by atoms with van der Waals surface area (Å²) in [5.74, 6) is -0.897. The Kier molecular flexibility index (Phi) is 8.02. The number of esters is 1. The van der Waals surface area contributed by atoms with Crippen LogP contribution in [0.2, 0.25) is 0 Å². The van der Waals surface area contributed by atoms with Crippen LogP contribution >= 0.6 is 0 Å². The second kappa shape index (κ2) is 11.2. The van der Waals surface area contributed by atoms with Crippen LogP contribution in [0.1, 0.15) is 39.2 Å². The standard InChI is InChI=1S/C28H35N3O6/c1-5-36-26(33)24(21-15-16-29(19-21)22-11-13-23(35-4)14-12-22)17-25(32)31-27(34)37-28(2,3)30(31)18-20-9-7-6-8-10-20/h6-14,21,24H,5,15-19H2,1-4H3/t21-,24-/m0/s1. The highest BCUT2D eigenvalue weighted by Crippen LogP contribution is 2.35. The van der Waals surface area contributed by atoms with Gasteiger partial charge >= 0.3 is 12.1 Å². The first-order valence-electron chi connectivity index (χ1n) is 12.7. The Morgan fingerprint density at radius 2 is 1.81 bits per heavy atom. The zero-order chi connectivity index (χ0) is 26.6. The van der Waals surface area contributed by atoms with Crippen molar-refractivity contribution in [3.05, 3.63) is 60.2 Å². The SMILES string of the molecule is CCOC(=O)[C@@H](CC(=O)N1C(=O)OC(C)(C)N1Cc1ccccc1)[C@H]1CCN(c2ccc(OC)cc2)C1. The Morgan fingerprint density at radius 1 is 1.11 bits per heavy atom. The number of amides is 2. The van der Waals surface area contributed by atoms with Crippen molar-refractivity contribution in [3.8, 4) is 5.75 Å². The first-order valence-corrected chi connectivity index (χ1v) is 12.7. The van der Waals surface area contributed by atoms with Crippen LogP contribution in [0, 0.1) is 11.8 Å². The Morgan fingerprint density at radius 3 is 2.46 bits per heavy atom. The van der Waals surface area contributed by atoms with E-state index in [1.54, 1.807) is 32.9 Å². The number of carbonyl (C=O) groups is 3. The van der Waals surface area contributed by atoms with Crippen molar-refractivity contribution in [1.82, 2.24) is 10.0 Å². The van der Waals surface area contributed by atoms with Crippen molar-refractivity contribution in [2.75, 3.05) is 31.7 Å². The molecule has 198 valence electrons. The number of nitrogens with zero attached hydrogens (tertiary/aromatic N) is 3. The molecule has 0 bridgehead atoms. The Hall–Kier alpha value is -3.59. The van der Waals surface area contributed by atoms with Crippen LogP contribution in [0.3, 0.4) is 0 Å². The average Bonchev–Trinajstić information content (AvgIpc) is 3.45. The maximum absolute atomic E-state index is 13.6. The smallest absolute Gasteiger partial charge is 0.433 e. The fourth-order valence-corrected chi connectivity index (χ4v) is 5.01. The van der Waals surface area contributed by atoms with Crippen molar-refractivity contribution in [3.63, 3.8) is 0 Å². The summed E-state index contributed by atoms with van der Waals surface area (Å²) >= 11 is 0. The van der Waals surface area contributed by atoms with Gasteiger partial charge in [-0.3, -0.25) is 9.59 Å². The lowest BCUT2D eigenvalue weighted by Gasteiger charge is -2.32. The molecular weight excluding hydrogens is 474 g/mol. The maximum atomic E-state index is 13.6.